The maximum absolute atomic E-state index is 12.3. The van der Waals surface area contributed by atoms with Crippen molar-refractivity contribution in [3.05, 3.63) is 42.0 Å². The molecule has 0 saturated carbocycles. The Balaban J connectivity index is 1.44. The molecular formula is C19H27N3O. The smallest absolute Gasteiger partial charge is 0.320 e. The predicted octanol–water partition coefficient (Wildman–Crippen LogP) is 2.92. The minimum Gasteiger partial charge on any atom is -0.323 e. The van der Waals surface area contributed by atoms with Crippen LogP contribution < -0.4 is 0 Å². The third-order valence-corrected chi connectivity index (χ3v) is 4.98. The van der Waals surface area contributed by atoms with E-state index in [0.717, 1.165) is 52.1 Å². The first-order valence-corrected chi connectivity index (χ1v) is 8.77. The summed E-state index contributed by atoms with van der Waals surface area (Å²) in [6, 6.07) is 11.1. The Morgan fingerprint density at radius 1 is 1.09 bits per heavy atom. The summed E-state index contributed by atoms with van der Waals surface area (Å²) in [6.07, 6.45) is 6.63. The number of nitrogens with zero attached hydrogens (tertiary/aromatic N) is 3. The minimum atomic E-state index is 0.245. The first kappa shape index (κ1) is 16.1. The normalized spacial score (nSPS) is 20.8. The van der Waals surface area contributed by atoms with Gasteiger partial charge >= 0.3 is 6.03 Å². The molecule has 1 aromatic carbocycles. The summed E-state index contributed by atoms with van der Waals surface area (Å²) in [4.78, 5) is 18.8. The average molecular weight is 313 g/mol. The highest BCUT2D eigenvalue weighted by atomic mass is 16.2. The van der Waals surface area contributed by atoms with E-state index in [4.69, 9.17) is 0 Å². The number of amides is 2. The first-order chi connectivity index (χ1) is 11.3. The number of urea groups is 1. The maximum Gasteiger partial charge on any atom is 0.320 e. The van der Waals surface area contributed by atoms with Gasteiger partial charge in [-0.05, 0) is 25.3 Å². The van der Waals surface area contributed by atoms with Gasteiger partial charge in [0.1, 0.15) is 0 Å². The Labute approximate surface area is 139 Å². The van der Waals surface area contributed by atoms with Crippen molar-refractivity contribution in [3.63, 3.8) is 0 Å². The van der Waals surface area contributed by atoms with Crippen LogP contribution in [0.2, 0.25) is 0 Å². The van der Waals surface area contributed by atoms with E-state index in [-0.39, 0.29) is 6.03 Å². The molecule has 4 heteroatoms. The molecule has 2 saturated heterocycles. The van der Waals surface area contributed by atoms with Gasteiger partial charge in [-0.3, -0.25) is 4.90 Å². The van der Waals surface area contributed by atoms with Crippen molar-refractivity contribution < 1.29 is 4.79 Å². The summed E-state index contributed by atoms with van der Waals surface area (Å²) in [5.74, 6) is 0. The molecule has 1 aromatic rings. The second-order valence-corrected chi connectivity index (χ2v) is 6.40. The van der Waals surface area contributed by atoms with Gasteiger partial charge in [0, 0.05) is 45.3 Å². The number of likely N-dealkylation sites (tertiary alicyclic amines) is 1. The zero-order valence-corrected chi connectivity index (χ0v) is 14.0. The van der Waals surface area contributed by atoms with Gasteiger partial charge in [-0.1, -0.05) is 42.5 Å². The van der Waals surface area contributed by atoms with E-state index in [2.05, 4.69) is 53.1 Å². The molecule has 2 aliphatic rings. The standard InChI is InChI=1S/C19H27N3O/c1-2-21-15-16-22(19(21)23)18-10-13-20(14-11-18)12-6-9-17-7-4-3-5-8-17/h3-9,18H,2,10-16H2,1H3/b9-6+. The van der Waals surface area contributed by atoms with E-state index in [1.54, 1.807) is 0 Å². The Morgan fingerprint density at radius 3 is 2.48 bits per heavy atom. The number of piperidine rings is 1. The molecule has 0 unspecified atom stereocenters. The molecule has 0 bridgehead atoms. The fourth-order valence-corrected chi connectivity index (χ4v) is 3.55. The van der Waals surface area contributed by atoms with Gasteiger partial charge < -0.3 is 9.80 Å². The minimum absolute atomic E-state index is 0.245. The van der Waals surface area contributed by atoms with E-state index >= 15 is 0 Å². The number of hydrogen-bond acceptors (Lipinski definition) is 2. The van der Waals surface area contributed by atoms with Gasteiger partial charge in [0.25, 0.3) is 0 Å². The predicted molar refractivity (Wildman–Crippen MR) is 94.3 cm³/mol. The Kier molecular flexibility index (Phi) is 5.34. The van der Waals surface area contributed by atoms with Crippen molar-refractivity contribution in [1.82, 2.24) is 14.7 Å². The van der Waals surface area contributed by atoms with Gasteiger partial charge in [-0.15, -0.1) is 0 Å². The van der Waals surface area contributed by atoms with Crippen LogP contribution in [-0.2, 0) is 0 Å². The van der Waals surface area contributed by atoms with Crippen LogP contribution in [0.3, 0.4) is 0 Å². The number of carbonyl (C=O) groups excluding carboxylic acids is 1. The lowest BCUT2D eigenvalue weighted by molar-refractivity contribution is 0.136. The van der Waals surface area contributed by atoms with Crippen LogP contribution >= 0.6 is 0 Å². The fourth-order valence-electron chi connectivity index (χ4n) is 3.55. The van der Waals surface area contributed by atoms with Crippen molar-refractivity contribution in [1.29, 1.82) is 0 Å². The number of rotatable bonds is 5. The van der Waals surface area contributed by atoms with Crippen molar-refractivity contribution in [2.45, 2.75) is 25.8 Å². The summed E-state index contributed by atoms with van der Waals surface area (Å²) in [7, 11) is 0. The molecule has 2 fully saturated rings. The van der Waals surface area contributed by atoms with Crippen LogP contribution in [0, 0.1) is 0 Å². The second-order valence-electron chi connectivity index (χ2n) is 6.40. The highest BCUT2D eigenvalue weighted by Crippen LogP contribution is 2.21. The summed E-state index contributed by atoms with van der Waals surface area (Å²) in [6.45, 7) is 7.86. The third kappa shape index (κ3) is 3.94. The molecule has 0 aromatic heterocycles. The molecule has 2 heterocycles. The van der Waals surface area contributed by atoms with Crippen molar-refractivity contribution >= 4 is 12.1 Å². The van der Waals surface area contributed by atoms with Gasteiger partial charge in [-0.2, -0.15) is 0 Å². The lowest BCUT2D eigenvalue weighted by atomic mass is 10.0. The van der Waals surface area contributed by atoms with Crippen LogP contribution in [0.4, 0.5) is 4.79 Å². The summed E-state index contributed by atoms with van der Waals surface area (Å²) in [5, 5.41) is 0. The van der Waals surface area contributed by atoms with Crippen LogP contribution in [0.15, 0.2) is 36.4 Å². The van der Waals surface area contributed by atoms with Gasteiger partial charge in [-0.25, -0.2) is 4.79 Å². The largest absolute Gasteiger partial charge is 0.323 e. The van der Waals surface area contributed by atoms with E-state index in [1.165, 1.54) is 5.56 Å². The lowest BCUT2D eigenvalue weighted by Crippen LogP contribution is -2.46. The number of likely N-dealkylation sites (N-methyl/N-ethyl adjacent to an activating group) is 1. The first-order valence-electron chi connectivity index (χ1n) is 8.77. The molecule has 124 valence electrons. The van der Waals surface area contributed by atoms with Gasteiger partial charge in [0.2, 0.25) is 0 Å². The third-order valence-electron chi connectivity index (χ3n) is 4.98. The number of hydrogen-bond donors (Lipinski definition) is 0. The molecular weight excluding hydrogens is 286 g/mol. The second kappa shape index (κ2) is 7.64. The van der Waals surface area contributed by atoms with E-state index in [0.29, 0.717) is 6.04 Å². The molecule has 0 atom stereocenters. The van der Waals surface area contributed by atoms with E-state index in [1.807, 2.05) is 11.0 Å². The average Bonchev–Trinajstić information content (AvgIpc) is 2.97. The topological polar surface area (TPSA) is 26.8 Å². The Bertz CT molecular complexity index is 535. The summed E-state index contributed by atoms with van der Waals surface area (Å²) >= 11 is 0. The molecule has 0 spiro atoms. The monoisotopic (exact) mass is 313 g/mol. The summed E-state index contributed by atoms with van der Waals surface area (Å²) < 4.78 is 0. The molecule has 23 heavy (non-hydrogen) atoms. The quantitative estimate of drug-likeness (QED) is 0.835. The molecule has 2 aliphatic heterocycles. The van der Waals surface area contributed by atoms with Crippen molar-refractivity contribution in [3.8, 4) is 0 Å². The highest BCUT2D eigenvalue weighted by Gasteiger charge is 2.34. The Morgan fingerprint density at radius 2 is 1.83 bits per heavy atom. The molecule has 4 nitrogen and oxygen atoms in total. The number of benzene rings is 1. The lowest BCUT2D eigenvalue weighted by Gasteiger charge is -2.36. The highest BCUT2D eigenvalue weighted by molar-refractivity contribution is 5.76. The van der Waals surface area contributed by atoms with Gasteiger partial charge in [0.15, 0.2) is 0 Å². The fraction of sp³-hybridized carbons (Fsp3) is 0.526. The van der Waals surface area contributed by atoms with E-state index < -0.39 is 0 Å². The SMILES string of the molecule is CCN1CCN(C2CCN(C/C=C/c3ccccc3)CC2)C1=O. The van der Waals surface area contributed by atoms with Crippen LogP contribution in [-0.4, -0.2) is 66.0 Å². The zero-order valence-electron chi connectivity index (χ0n) is 14.0. The maximum atomic E-state index is 12.3. The van der Waals surface area contributed by atoms with E-state index in [9.17, 15) is 4.79 Å². The van der Waals surface area contributed by atoms with Crippen LogP contribution in [0.1, 0.15) is 25.3 Å². The van der Waals surface area contributed by atoms with Crippen molar-refractivity contribution in [2.24, 2.45) is 0 Å². The molecule has 3 rings (SSSR count). The van der Waals surface area contributed by atoms with Crippen LogP contribution in [0.5, 0.6) is 0 Å². The van der Waals surface area contributed by atoms with Crippen LogP contribution in [0.25, 0.3) is 6.08 Å². The Hall–Kier alpha value is -1.81. The van der Waals surface area contributed by atoms with Crippen molar-refractivity contribution in [2.75, 3.05) is 39.3 Å². The molecule has 0 radical (unpaired) electrons. The molecule has 0 aliphatic carbocycles. The van der Waals surface area contributed by atoms with Gasteiger partial charge in [0.05, 0.1) is 0 Å². The zero-order chi connectivity index (χ0) is 16.1. The summed E-state index contributed by atoms with van der Waals surface area (Å²) in [5.41, 5.74) is 1.25. The number of carbonyl (C=O) groups is 1. The molecule has 0 N–H and O–H groups in total. The molecule has 2 amide bonds.